The average molecular weight is 225 g/mol. The fourth-order valence-corrected chi connectivity index (χ4v) is 1.35. The first kappa shape index (κ1) is 11.5. The second-order valence-corrected chi connectivity index (χ2v) is 3.36. The van der Waals surface area contributed by atoms with Gasteiger partial charge in [0.1, 0.15) is 7.05 Å². The fraction of sp³-hybridized carbons (Fsp3) is 0.200. The van der Waals surface area contributed by atoms with Crippen molar-refractivity contribution in [3.63, 3.8) is 0 Å². The summed E-state index contributed by atoms with van der Waals surface area (Å²) in [5.41, 5.74) is 8.00. The van der Waals surface area contributed by atoms with E-state index >= 15 is 0 Å². The molecule has 2 N–H and O–H groups in total. The van der Waals surface area contributed by atoms with Crippen LogP contribution in [-0.2, 0) is 7.05 Å². The van der Waals surface area contributed by atoms with Crippen LogP contribution >= 0.6 is 0 Å². The summed E-state index contributed by atoms with van der Waals surface area (Å²) in [6.07, 6.45) is 1.78. The topological polar surface area (TPSA) is 47.7 Å². The molecule has 0 atom stereocenters. The molecule has 1 aromatic carbocycles. The summed E-state index contributed by atoms with van der Waals surface area (Å²) in [4.78, 5) is 0. The first-order valence-electron chi connectivity index (χ1n) is 4.45. The van der Waals surface area contributed by atoms with Gasteiger partial charge < -0.3 is 18.1 Å². The lowest BCUT2D eigenvalue weighted by Crippen LogP contribution is -3.00. The summed E-state index contributed by atoms with van der Waals surface area (Å²) in [6, 6.07) is 8.07. The van der Waals surface area contributed by atoms with E-state index in [9.17, 15) is 0 Å². The smallest absolute Gasteiger partial charge is 0.261 e. The van der Waals surface area contributed by atoms with Gasteiger partial charge in [-0.3, -0.25) is 0 Å². The molecular formula is C10H13ClN4. The molecule has 0 aliphatic heterocycles. The van der Waals surface area contributed by atoms with Crippen LogP contribution in [-0.4, -0.2) is 9.90 Å². The van der Waals surface area contributed by atoms with E-state index in [-0.39, 0.29) is 12.4 Å². The van der Waals surface area contributed by atoms with E-state index in [1.807, 2.05) is 31.3 Å². The highest BCUT2D eigenvalue weighted by atomic mass is 35.5. The minimum Gasteiger partial charge on any atom is -1.00 e. The van der Waals surface area contributed by atoms with Crippen molar-refractivity contribution >= 4 is 5.82 Å². The van der Waals surface area contributed by atoms with Crippen LogP contribution in [0.25, 0.3) is 5.69 Å². The van der Waals surface area contributed by atoms with Crippen LogP contribution in [0.15, 0.2) is 30.5 Å². The molecule has 0 spiro atoms. The summed E-state index contributed by atoms with van der Waals surface area (Å²) in [7, 11) is 1.85. The molecule has 15 heavy (non-hydrogen) atoms. The first-order valence-corrected chi connectivity index (χ1v) is 4.45. The number of hydrogen-bond donors (Lipinski definition) is 1. The number of benzene rings is 1. The quantitative estimate of drug-likeness (QED) is 0.549. The third-order valence-corrected chi connectivity index (χ3v) is 2.07. The Kier molecular flexibility index (Phi) is 3.31. The molecule has 0 saturated carbocycles. The zero-order valence-corrected chi connectivity index (χ0v) is 9.44. The van der Waals surface area contributed by atoms with E-state index < -0.39 is 0 Å². The standard InChI is InChI=1S/C10H13N4.ClH/c1-8-3-5-9(6-4-8)14-10(11)7-13(2)12-14;/h3-7H,11H2,1-2H3;1H/q+1;/p-1. The van der Waals surface area contributed by atoms with Crippen LogP contribution in [0, 0.1) is 6.92 Å². The average Bonchev–Trinajstić information content (AvgIpc) is 2.47. The number of aryl methyl sites for hydroxylation is 2. The Morgan fingerprint density at radius 1 is 1.27 bits per heavy atom. The van der Waals surface area contributed by atoms with Gasteiger partial charge in [-0.15, -0.1) is 4.68 Å². The minimum atomic E-state index is 0. The predicted molar refractivity (Wildman–Crippen MR) is 53.9 cm³/mol. The van der Waals surface area contributed by atoms with Gasteiger partial charge in [-0.2, -0.15) is 0 Å². The highest BCUT2D eigenvalue weighted by Crippen LogP contribution is 2.10. The summed E-state index contributed by atoms with van der Waals surface area (Å²) in [6.45, 7) is 2.05. The van der Waals surface area contributed by atoms with Gasteiger partial charge in [-0.1, -0.05) is 22.4 Å². The van der Waals surface area contributed by atoms with Crippen molar-refractivity contribution in [2.24, 2.45) is 7.05 Å². The molecule has 0 amide bonds. The predicted octanol–water partition coefficient (Wildman–Crippen LogP) is -2.41. The van der Waals surface area contributed by atoms with E-state index in [4.69, 9.17) is 5.73 Å². The Balaban J connectivity index is 0.00000112. The summed E-state index contributed by atoms with van der Waals surface area (Å²) in [5, 5.41) is 4.22. The van der Waals surface area contributed by atoms with Gasteiger partial charge in [0.2, 0.25) is 0 Å². The molecule has 1 aromatic heterocycles. The minimum absolute atomic E-state index is 0. The molecule has 0 saturated heterocycles. The zero-order valence-electron chi connectivity index (χ0n) is 8.68. The number of halogens is 1. The maximum atomic E-state index is 5.79. The molecule has 0 aliphatic rings. The maximum absolute atomic E-state index is 5.79. The third-order valence-electron chi connectivity index (χ3n) is 2.07. The lowest BCUT2D eigenvalue weighted by molar-refractivity contribution is -0.731. The van der Waals surface area contributed by atoms with Gasteiger partial charge in [0.15, 0.2) is 11.9 Å². The van der Waals surface area contributed by atoms with Crippen molar-refractivity contribution < 1.29 is 17.1 Å². The van der Waals surface area contributed by atoms with Gasteiger partial charge in [0.05, 0.1) is 5.21 Å². The van der Waals surface area contributed by atoms with Gasteiger partial charge >= 0.3 is 0 Å². The number of rotatable bonds is 1. The van der Waals surface area contributed by atoms with E-state index in [1.54, 1.807) is 15.6 Å². The second kappa shape index (κ2) is 4.31. The Morgan fingerprint density at radius 3 is 2.33 bits per heavy atom. The first-order chi connectivity index (χ1) is 6.66. The van der Waals surface area contributed by atoms with Crippen LogP contribution in [0.4, 0.5) is 5.82 Å². The molecule has 4 nitrogen and oxygen atoms in total. The highest BCUT2D eigenvalue weighted by molar-refractivity contribution is 5.39. The van der Waals surface area contributed by atoms with E-state index in [0.29, 0.717) is 5.82 Å². The number of nitrogens with two attached hydrogens (primary N) is 1. The molecular weight excluding hydrogens is 212 g/mol. The normalized spacial score (nSPS) is 9.73. The number of anilines is 1. The Bertz CT molecular complexity index is 447. The molecule has 0 unspecified atom stereocenters. The van der Waals surface area contributed by atoms with Crippen molar-refractivity contribution in [3.8, 4) is 5.69 Å². The molecule has 0 aliphatic carbocycles. The lowest BCUT2D eigenvalue weighted by atomic mass is 10.2. The molecule has 0 fully saturated rings. The lowest BCUT2D eigenvalue weighted by Gasteiger charge is -1.95. The fourth-order valence-electron chi connectivity index (χ4n) is 1.35. The molecule has 5 heteroatoms. The molecule has 0 radical (unpaired) electrons. The Morgan fingerprint density at radius 2 is 1.87 bits per heavy atom. The maximum Gasteiger partial charge on any atom is 0.261 e. The van der Waals surface area contributed by atoms with Crippen molar-refractivity contribution in [2.45, 2.75) is 6.92 Å². The van der Waals surface area contributed by atoms with Gasteiger partial charge in [-0.05, 0) is 19.1 Å². The summed E-state index contributed by atoms with van der Waals surface area (Å²) >= 11 is 0. The Hall–Kier alpha value is -1.55. The molecule has 2 rings (SSSR count). The van der Waals surface area contributed by atoms with Crippen molar-refractivity contribution in [1.82, 2.24) is 9.90 Å². The van der Waals surface area contributed by atoms with Crippen LogP contribution in [0.5, 0.6) is 0 Å². The molecule has 0 bridgehead atoms. The van der Waals surface area contributed by atoms with Gasteiger partial charge in [0.25, 0.3) is 5.82 Å². The van der Waals surface area contributed by atoms with E-state index in [2.05, 4.69) is 12.1 Å². The highest BCUT2D eigenvalue weighted by Gasteiger charge is 2.11. The van der Waals surface area contributed by atoms with E-state index in [1.165, 1.54) is 5.56 Å². The van der Waals surface area contributed by atoms with Gasteiger partial charge in [0, 0.05) is 0 Å². The molecule has 80 valence electrons. The summed E-state index contributed by atoms with van der Waals surface area (Å²) < 4.78 is 3.40. The number of aromatic nitrogens is 3. The zero-order chi connectivity index (χ0) is 10.1. The van der Waals surface area contributed by atoms with Crippen molar-refractivity contribution in [3.05, 3.63) is 36.0 Å². The monoisotopic (exact) mass is 224 g/mol. The van der Waals surface area contributed by atoms with Crippen LogP contribution < -0.4 is 22.8 Å². The van der Waals surface area contributed by atoms with Crippen molar-refractivity contribution in [2.75, 3.05) is 5.73 Å². The Labute approximate surface area is 94.7 Å². The number of nitrogen functional groups attached to an aromatic ring is 1. The van der Waals surface area contributed by atoms with Crippen LogP contribution in [0.1, 0.15) is 5.56 Å². The number of hydrogen-bond acceptors (Lipinski definition) is 2. The largest absolute Gasteiger partial charge is 1.00 e. The molecule has 1 heterocycles. The third kappa shape index (κ3) is 2.27. The molecule has 2 aromatic rings. The summed E-state index contributed by atoms with van der Waals surface area (Å²) in [5.74, 6) is 0.636. The number of nitrogens with zero attached hydrogens (tertiary/aromatic N) is 3. The second-order valence-electron chi connectivity index (χ2n) is 3.36. The van der Waals surface area contributed by atoms with Crippen LogP contribution in [0.2, 0.25) is 0 Å². The van der Waals surface area contributed by atoms with E-state index in [0.717, 1.165) is 5.69 Å². The van der Waals surface area contributed by atoms with Gasteiger partial charge in [-0.25, -0.2) is 0 Å². The SMILES string of the molecule is Cc1ccc(-n2n[n+](C)cc2N)cc1.[Cl-]. The van der Waals surface area contributed by atoms with Crippen LogP contribution in [0.3, 0.4) is 0 Å². The van der Waals surface area contributed by atoms with Crippen molar-refractivity contribution in [1.29, 1.82) is 0 Å².